The summed E-state index contributed by atoms with van der Waals surface area (Å²) in [5.74, 6) is -0.961. The molecule has 1 aliphatic rings. The zero-order valence-corrected chi connectivity index (χ0v) is 10.4. The second-order valence-corrected chi connectivity index (χ2v) is 4.78. The van der Waals surface area contributed by atoms with Crippen LogP contribution in [0, 0.1) is 5.41 Å². The van der Waals surface area contributed by atoms with E-state index in [2.05, 4.69) is 0 Å². The molecule has 1 amide bonds. The SMILES string of the molecule is CCC1(C(=O)O)CCCN(C(=O)c2ccoc2)C1. The molecule has 0 bridgehead atoms. The van der Waals surface area contributed by atoms with Gasteiger partial charge in [0.1, 0.15) is 6.26 Å². The normalized spacial score (nSPS) is 23.9. The van der Waals surface area contributed by atoms with E-state index in [1.54, 1.807) is 11.0 Å². The highest BCUT2D eigenvalue weighted by Crippen LogP contribution is 2.34. The Bertz CT molecular complexity index is 440. The van der Waals surface area contributed by atoms with Gasteiger partial charge in [-0.1, -0.05) is 6.92 Å². The van der Waals surface area contributed by atoms with E-state index in [9.17, 15) is 14.7 Å². The standard InChI is InChI=1S/C13H17NO4/c1-2-13(12(16)17)5-3-6-14(9-13)11(15)10-4-7-18-8-10/h4,7-8H,2-3,5-6,9H2,1H3,(H,16,17). The van der Waals surface area contributed by atoms with E-state index in [0.29, 0.717) is 24.9 Å². The number of piperidine rings is 1. The number of rotatable bonds is 3. The molecule has 98 valence electrons. The average molecular weight is 251 g/mol. The molecule has 0 aliphatic carbocycles. The van der Waals surface area contributed by atoms with Gasteiger partial charge >= 0.3 is 5.97 Å². The largest absolute Gasteiger partial charge is 0.481 e. The third kappa shape index (κ3) is 2.12. The molecule has 1 aliphatic heterocycles. The minimum absolute atomic E-state index is 0.150. The smallest absolute Gasteiger partial charge is 0.311 e. The maximum absolute atomic E-state index is 12.2. The number of carbonyl (C=O) groups excluding carboxylic acids is 1. The molecule has 0 spiro atoms. The monoisotopic (exact) mass is 251 g/mol. The number of nitrogens with zero attached hydrogens (tertiary/aromatic N) is 1. The van der Waals surface area contributed by atoms with Crippen LogP contribution in [0.3, 0.4) is 0 Å². The van der Waals surface area contributed by atoms with Gasteiger partial charge in [0.05, 0.1) is 17.2 Å². The fourth-order valence-electron chi connectivity index (χ4n) is 2.49. The molecule has 1 saturated heterocycles. The molecular weight excluding hydrogens is 234 g/mol. The summed E-state index contributed by atoms with van der Waals surface area (Å²) in [5.41, 5.74) is -0.315. The maximum atomic E-state index is 12.2. The molecule has 0 radical (unpaired) electrons. The van der Waals surface area contributed by atoms with E-state index >= 15 is 0 Å². The van der Waals surface area contributed by atoms with Gasteiger partial charge < -0.3 is 14.4 Å². The number of carboxylic acids is 1. The molecule has 1 atom stereocenters. The van der Waals surface area contributed by atoms with Crippen LogP contribution in [0.2, 0.25) is 0 Å². The Labute approximate surface area is 105 Å². The Balaban J connectivity index is 2.16. The zero-order chi connectivity index (χ0) is 13.2. The van der Waals surface area contributed by atoms with Gasteiger partial charge in [-0.15, -0.1) is 0 Å². The number of likely N-dealkylation sites (tertiary alicyclic amines) is 1. The quantitative estimate of drug-likeness (QED) is 0.891. The highest BCUT2D eigenvalue weighted by atomic mass is 16.4. The van der Waals surface area contributed by atoms with E-state index in [1.807, 2.05) is 6.92 Å². The fourth-order valence-corrected chi connectivity index (χ4v) is 2.49. The van der Waals surface area contributed by atoms with Crippen LogP contribution in [0.4, 0.5) is 0 Å². The van der Waals surface area contributed by atoms with Gasteiger partial charge in [0, 0.05) is 13.1 Å². The first-order valence-corrected chi connectivity index (χ1v) is 6.14. The minimum atomic E-state index is -0.810. The summed E-state index contributed by atoms with van der Waals surface area (Å²) >= 11 is 0. The van der Waals surface area contributed by atoms with Crippen molar-refractivity contribution in [2.75, 3.05) is 13.1 Å². The summed E-state index contributed by atoms with van der Waals surface area (Å²) in [7, 11) is 0. The first kappa shape index (κ1) is 12.7. The van der Waals surface area contributed by atoms with Crippen molar-refractivity contribution in [2.24, 2.45) is 5.41 Å². The van der Waals surface area contributed by atoms with Gasteiger partial charge in [0.25, 0.3) is 5.91 Å². The van der Waals surface area contributed by atoms with E-state index in [-0.39, 0.29) is 12.5 Å². The average Bonchev–Trinajstić information content (AvgIpc) is 2.91. The minimum Gasteiger partial charge on any atom is -0.481 e. The Morgan fingerprint density at radius 1 is 1.56 bits per heavy atom. The maximum Gasteiger partial charge on any atom is 0.311 e. The summed E-state index contributed by atoms with van der Waals surface area (Å²) in [6.07, 6.45) is 4.74. The second kappa shape index (κ2) is 4.84. The Morgan fingerprint density at radius 3 is 2.89 bits per heavy atom. The van der Waals surface area contributed by atoms with Gasteiger partial charge in [0.2, 0.25) is 0 Å². The van der Waals surface area contributed by atoms with Gasteiger partial charge in [-0.05, 0) is 25.3 Å². The summed E-state index contributed by atoms with van der Waals surface area (Å²) in [6, 6.07) is 1.60. The third-order valence-corrected chi connectivity index (χ3v) is 3.76. The molecule has 2 heterocycles. The van der Waals surface area contributed by atoms with Crippen molar-refractivity contribution in [2.45, 2.75) is 26.2 Å². The highest BCUT2D eigenvalue weighted by Gasteiger charge is 2.42. The van der Waals surface area contributed by atoms with Crippen LogP contribution in [0.1, 0.15) is 36.5 Å². The van der Waals surface area contributed by atoms with Gasteiger partial charge in [-0.2, -0.15) is 0 Å². The van der Waals surface area contributed by atoms with E-state index in [0.717, 1.165) is 6.42 Å². The molecule has 1 unspecified atom stereocenters. The first-order valence-electron chi connectivity index (χ1n) is 6.14. The number of amides is 1. The zero-order valence-electron chi connectivity index (χ0n) is 10.4. The molecule has 1 N–H and O–H groups in total. The lowest BCUT2D eigenvalue weighted by atomic mass is 9.77. The van der Waals surface area contributed by atoms with Crippen molar-refractivity contribution < 1.29 is 19.1 Å². The van der Waals surface area contributed by atoms with Crippen LogP contribution >= 0.6 is 0 Å². The van der Waals surface area contributed by atoms with Crippen LogP contribution in [0.25, 0.3) is 0 Å². The highest BCUT2D eigenvalue weighted by molar-refractivity contribution is 5.94. The summed E-state index contributed by atoms with van der Waals surface area (Å²) in [4.78, 5) is 25.2. The van der Waals surface area contributed by atoms with E-state index in [4.69, 9.17) is 4.42 Å². The molecule has 1 aromatic rings. The molecule has 1 fully saturated rings. The van der Waals surface area contributed by atoms with E-state index in [1.165, 1.54) is 12.5 Å². The lowest BCUT2D eigenvalue weighted by molar-refractivity contribution is -0.152. The summed E-state index contributed by atoms with van der Waals surface area (Å²) < 4.78 is 4.89. The molecule has 18 heavy (non-hydrogen) atoms. The number of aliphatic carboxylic acids is 1. The second-order valence-electron chi connectivity index (χ2n) is 4.78. The topological polar surface area (TPSA) is 70.8 Å². The first-order chi connectivity index (χ1) is 8.59. The van der Waals surface area contributed by atoms with Crippen molar-refractivity contribution in [3.05, 3.63) is 24.2 Å². The molecule has 2 rings (SSSR count). The van der Waals surface area contributed by atoms with Crippen LogP contribution < -0.4 is 0 Å². The Kier molecular flexibility index (Phi) is 3.41. The lowest BCUT2D eigenvalue weighted by Crippen LogP contribution is -2.49. The molecule has 1 aromatic heterocycles. The van der Waals surface area contributed by atoms with Gasteiger partial charge in [0.15, 0.2) is 0 Å². The van der Waals surface area contributed by atoms with Crippen molar-refractivity contribution in [3.8, 4) is 0 Å². The van der Waals surface area contributed by atoms with Crippen LogP contribution in [0.5, 0.6) is 0 Å². The van der Waals surface area contributed by atoms with Crippen molar-refractivity contribution in [3.63, 3.8) is 0 Å². The molecular formula is C13H17NO4. The third-order valence-electron chi connectivity index (χ3n) is 3.76. The lowest BCUT2D eigenvalue weighted by Gasteiger charge is -2.39. The fraction of sp³-hybridized carbons (Fsp3) is 0.538. The summed E-state index contributed by atoms with van der Waals surface area (Å²) in [6.45, 7) is 2.75. The van der Waals surface area contributed by atoms with Crippen molar-refractivity contribution in [1.82, 2.24) is 4.90 Å². The number of carbonyl (C=O) groups is 2. The Hall–Kier alpha value is -1.78. The molecule has 5 heteroatoms. The predicted molar refractivity (Wildman–Crippen MR) is 64.2 cm³/mol. The predicted octanol–water partition coefficient (Wildman–Crippen LogP) is 2.00. The van der Waals surface area contributed by atoms with Crippen molar-refractivity contribution >= 4 is 11.9 Å². The molecule has 0 aromatic carbocycles. The van der Waals surface area contributed by atoms with E-state index < -0.39 is 11.4 Å². The molecule has 5 nitrogen and oxygen atoms in total. The van der Waals surface area contributed by atoms with Crippen molar-refractivity contribution in [1.29, 1.82) is 0 Å². The van der Waals surface area contributed by atoms with Gasteiger partial charge in [-0.3, -0.25) is 9.59 Å². The van der Waals surface area contributed by atoms with Crippen LogP contribution in [0.15, 0.2) is 23.0 Å². The summed E-state index contributed by atoms with van der Waals surface area (Å²) in [5, 5.41) is 9.36. The number of furan rings is 1. The number of hydrogen-bond donors (Lipinski definition) is 1. The number of hydrogen-bond acceptors (Lipinski definition) is 3. The molecule has 0 saturated carbocycles. The van der Waals surface area contributed by atoms with Crippen LogP contribution in [-0.4, -0.2) is 35.0 Å². The Morgan fingerprint density at radius 2 is 2.33 bits per heavy atom. The number of carboxylic acid groups (broad SMARTS) is 1. The van der Waals surface area contributed by atoms with Gasteiger partial charge in [-0.25, -0.2) is 0 Å². The van der Waals surface area contributed by atoms with Crippen LogP contribution in [-0.2, 0) is 4.79 Å².